The third-order valence-electron chi connectivity index (χ3n) is 4.63. The number of amides is 1. The van der Waals surface area contributed by atoms with Crippen molar-refractivity contribution in [2.24, 2.45) is 18.9 Å². The fourth-order valence-electron chi connectivity index (χ4n) is 3.05. The van der Waals surface area contributed by atoms with Gasteiger partial charge in [-0.05, 0) is 57.7 Å². The van der Waals surface area contributed by atoms with Crippen molar-refractivity contribution in [2.45, 2.75) is 40.0 Å². The molecule has 1 aliphatic rings. The minimum atomic E-state index is -0.00620. The van der Waals surface area contributed by atoms with Crippen LogP contribution in [0.15, 0.2) is 0 Å². The molecule has 0 spiro atoms. The second kappa shape index (κ2) is 7.07. The van der Waals surface area contributed by atoms with E-state index >= 15 is 0 Å². The molecule has 2 rings (SSSR count). The average Bonchev–Trinajstić information content (AvgIpc) is 3.03. The van der Waals surface area contributed by atoms with Crippen LogP contribution >= 0.6 is 0 Å². The predicted molar refractivity (Wildman–Crippen MR) is 84.2 cm³/mol. The molecule has 5 nitrogen and oxygen atoms in total. The van der Waals surface area contributed by atoms with Crippen molar-refractivity contribution in [1.29, 1.82) is 0 Å². The quantitative estimate of drug-likeness (QED) is 0.831. The van der Waals surface area contributed by atoms with E-state index in [9.17, 15) is 4.79 Å². The molecule has 2 N–H and O–H groups in total. The number of aryl methyl sites for hydroxylation is 2. The monoisotopic (exact) mass is 292 g/mol. The summed E-state index contributed by atoms with van der Waals surface area (Å²) in [6.45, 7) is 9.08. The maximum Gasteiger partial charge on any atom is 0.223 e. The summed E-state index contributed by atoms with van der Waals surface area (Å²) < 4.78 is 1.89. The molecule has 0 bridgehead atoms. The van der Waals surface area contributed by atoms with Crippen molar-refractivity contribution < 1.29 is 4.79 Å². The van der Waals surface area contributed by atoms with E-state index in [1.54, 1.807) is 0 Å². The minimum absolute atomic E-state index is 0.00620. The maximum atomic E-state index is 12.2. The molecular weight excluding hydrogens is 264 g/mol. The van der Waals surface area contributed by atoms with Crippen molar-refractivity contribution in [3.05, 3.63) is 17.0 Å². The molecule has 1 amide bonds. The Balaban J connectivity index is 1.79. The van der Waals surface area contributed by atoms with Crippen LogP contribution in [0.3, 0.4) is 0 Å². The van der Waals surface area contributed by atoms with Gasteiger partial charge in [0.25, 0.3) is 0 Å². The fourth-order valence-corrected chi connectivity index (χ4v) is 3.05. The topological polar surface area (TPSA) is 59.0 Å². The predicted octanol–water partition coefficient (Wildman–Crippen LogP) is 1.33. The number of hydrogen-bond donors (Lipinski definition) is 2. The molecule has 118 valence electrons. The molecule has 1 aliphatic heterocycles. The molecule has 0 radical (unpaired) electrons. The van der Waals surface area contributed by atoms with Gasteiger partial charge in [-0.25, -0.2) is 0 Å². The lowest BCUT2D eigenvalue weighted by molar-refractivity contribution is -0.124. The van der Waals surface area contributed by atoms with Crippen molar-refractivity contribution in [3.8, 4) is 0 Å². The van der Waals surface area contributed by atoms with Gasteiger partial charge < -0.3 is 10.6 Å². The third-order valence-corrected chi connectivity index (χ3v) is 4.63. The maximum absolute atomic E-state index is 12.2. The van der Waals surface area contributed by atoms with E-state index in [1.807, 2.05) is 25.6 Å². The van der Waals surface area contributed by atoms with Crippen LogP contribution in [0.25, 0.3) is 0 Å². The number of nitrogens with zero attached hydrogens (tertiary/aromatic N) is 2. The van der Waals surface area contributed by atoms with Crippen LogP contribution in [0.4, 0.5) is 0 Å². The van der Waals surface area contributed by atoms with Crippen LogP contribution < -0.4 is 10.6 Å². The fraction of sp³-hybridized carbons (Fsp3) is 0.750. The van der Waals surface area contributed by atoms with Gasteiger partial charge in [0.05, 0.1) is 5.69 Å². The Bertz CT molecular complexity index is 489. The lowest BCUT2D eigenvalue weighted by Crippen LogP contribution is -2.32. The molecule has 2 atom stereocenters. The second-order valence-corrected chi connectivity index (χ2v) is 6.32. The van der Waals surface area contributed by atoms with Crippen LogP contribution in [0, 0.1) is 25.7 Å². The molecule has 2 heterocycles. The van der Waals surface area contributed by atoms with Crippen molar-refractivity contribution >= 4 is 5.91 Å². The van der Waals surface area contributed by atoms with Gasteiger partial charge in [0, 0.05) is 25.2 Å². The molecular formula is C16H28N4O. The smallest absolute Gasteiger partial charge is 0.223 e. The molecule has 0 aliphatic carbocycles. The van der Waals surface area contributed by atoms with Crippen LogP contribution in [0.5, 0.6) is 0 Å². The summed E-state index contributed by atoms with van der Waals surface area (Å²) >= 11 is 0. The summed E-state index contributed by atoms with van der Waals surface area (Å²) in [5.41, 5.74) is 3.40. The van der Waals surface area contributed by atoms with E-state index in [1.165, 1.54) is 12.0 Å². The Morgan fingerprint density at radius 3 is 2.86 bits per heavy atom. The summed E-state index contributed by atoms with van der Waals surface area (Å²) in [5, 5.41) is 10.9. The van der Waals surface area contributed by atoms with Gasteiger partial charge in [0.2, 0.25) is 5.91 Å². The number of carbonyl (C=O) groups is 1. The number of carbonyl (C=O) groups excluding carboxylic acids is 1. The first-order valence-electron chi connectivity index (χ1n) is 7.96. The van der Waals surface area contributed by atoms with E-state index in [-0.39, 0.29) is 11.8 Å². The first kappa shape index (κ1) is 16.0. The zero-order chi connectivity index (χ0) is 15.4. The Hall–Kier alpha value is -1.36. The first-order valence-corrected chi connectivity index (χ1v) is 7.96. The molecule has 1 saturated heterocycles. The Morgan fingerprint density at radius 2 is 2.29 bits per heavy atom. The molecule has 2 unspecified atom stereocenters. The van der Waals surface area contributed by atoms with Gasteiger partial charge in [-0.2, -0.15) is 5.10 Å². The highest BCUT2D eigenvalue weighted by Gasteiger charge is 2.19. The molecule has 1 fully saturated rings. The Morgan fingerprint density at radius 1 is 1.52 bits per heavy atom. The molecule has 5 heteroatoms. The van der Waals surface area contributed by atoms with Gasteiger partial charge in [0.1, 0.15) is 0 Å². The van der Waals surface area contributed by atoms with Gasteiger partial charge >= 0.3 is 0 Å². The number of nitrogens with one attached hydrogen (secondary N) is 2. The van der Waals surface area contributed by atoms with Gasteiger partial charge in [0.15, 0.2) is 0 Å². The van der Waals surface area contributed by atoms with Crippen LogP contribution in [-0.2, 0) is 18.3 Å². The SMILES string of the molecule is Cc1nn(C)c(C)c1CC(C)C(=O)NCCC1CCNC1. The highest BCUT2D eigenvalue weighted by Crippen LogP contribution is 2.17. The summed E-state index contributed by atoms with van der Waals surface area (Å²) in [4.78, 5) is 12.2. The molecule has 0 saturated carbocycles. The molecule has 0 aromatic carbocycles. The van der Waals surface area contributed by atoms with Crippen molar-refractivity contribution in [3.63, 3.8) is 0 Å². The highest BCUT2D eigenvalue weighted by atomic mass is 16.1. The highest BCUT2D eigenvalue weighted by molar-refractivity contribution is 5.78. The summed E-state index contributed by atoms with van der Waals surface area (Å²) in [7, 11) is 1.95. The van der Waals surface area contributed by atoms with E-state index in [0.29, 0.717) is 0 Å². The summed E-state index contributed by atoms with van der Waals surface area (Å²) in [5.74, 6) is 0.875. The number of hydrogen-bond acceptors (Lipinski definition) is 3. The number of aromatic nitrogens is 2. The summed E-state index contributed by atoms with van der Waals surface area (Å²) in [6, 6.07) is 0. The normalized spacial score (nSPS) is 19.7. The van der Waals surface area contributed by atoms with Gasteiger partial charge in [-0.3, -0.25) is 9.48 Å². The average molecular weight is 292 g/mol. The van der Waals surface area contributed by atoms with Crippen molar-refractivity contribution in [2.75, 3.05) is 19.6 Å². The van der Waals surface area contributed by atoms with Crippen molar-refractivity contribution in [1.82, 2.24) is 20.4 Å². The first-order chi connectivity index (χ1) is 9.99. The van der Waals surface area contributed by atoms with Gasteiger partial charge in [-0.1, -0.05) is 6.92 Å². The lowest BCUT2D eigenvalue weighted by Gasteiger charge is -2.14. The lowest BCUT2D eigenvalue weighted by atomic mass is 9.98. The van der Waals surface area contributed by atoms with E-state index in [4.69, 9.17) is 0 Å². The third kappa shape index (κ3) is 4.06. The van der Waals surface area contributed by atoms with Gasteiger partial charge in [-0.15, -0.1) is 0 Å². The molecule has 21 heavy (non-hydrogen) atoms. The largest absolute Gasteiger partial charge is 0.356 e. The van der Waals surface area contributed by atoms with E-state index in [0.717, 1.165) is 49.8 Å². The second-order valence-electron chi connectivity index (χ2n) is 6.32. The van der Waals surface area contributed by atoms with E-state index in [2.05, 4.69) is 22.7 Å². The number of rotatable bonds is 6. The standard InChI is InChI=1S/C16H28N4O/c1-11(9-15-12(2)19-20(4)13(15)3)16(21)18-8-6-14-5-7-17-10-14/h11,14,17H,5-10H2,1-4H3,(H,18,21). The van der Waals surface area contributed by atoms with Crippen LogP contribution in [0.1, 0.15) is 36.7 Å². The van der Waals surface area contributed by atoms with E-state index < -0.39 is 0 Å². The molecule has 1 aromatic heterocycles. The minimum Gasteiger partial charge on any atom is -0.356 e. The van der Waals surface area contributed by atoms with Crippen LogP contribution in [0.2, 0.25) is 0 Å². The zero-order valence-electron chi connectivity index (χ0n) is 13.7. The summed E-state index contributed by atoms with van der Waals surface area (Å²) in [6.07, 6.45) is 3.08. The Kier molecular flexibility index (Phi) is 5.39. The zero-order valence-corrected chi connectivity index (χ0v) is 13.7. The molecule has 1 aromatic rings. The van der Waals surface area contributed by atoms with Crippen LogP contribution in [-0.4, -0.2) is 35.3 Å². The Labute approximate surface area is 127 Å².